The van der Waals surface area contributed by atoms with Crippen molar-refractivity contribution in [3.05, 3.63) is 50.7 Å². The molecule has 2 amide bonds. The summed E-state index contributed by atoms with van der Waals surface area (Å²) in [6.45, 7) is 2.06. The number of primary amides is 1. The van der Waals surface area contributed by atoms with Gasteiger partial charge in [0, 0.05) is 27.3 Å². The zero-order valence-corrected chi connectivity index (χ0v) is 13.5. The van der Waals surface area contributed by atoms with Gasteiger partial charge in [0.1, 0.15) is 0 Å². The molecule has 1 heterocycles. The molecule has 114 valence electrons. The van der Waals surface area contributed by atoms with Crippen molar-refractivity contribution in [3.8, 4) is 0 Å². The number of halogens is 1. The number of nitrogens with one attached hydrogen (secondary N) is 1. The van der Waals surface area contributed by atoms with Gasteiger partial charge >= 0.3 is 0 Å². The minimum Gasteiger partial charge on any atom is -0.366 e. The van der Waals surface area contributed by atoms with Gasteiger partial charge in [-0.1, -0.05) is 11.6 Å². The summed E-state index contributed by atoms with van der Waals surface area (Å²) < 4.78 is 0. The van der Waals surface area contributed by atoms with Crippen LogP contribution in [-0.4, -0.2) is 11.8 Å². The molecule has 6 heteroatoms. The van der Waals surface area contributed by atoms with Crippen LogP contribution in [0.2, 0.25) is 5.02 Å². The van der Waals surface area contributed by atoms with Crippen LogP contribution < -0.4 is 11.1 Å². The highest BCUT2D eigenvalue weighted by molar-refractivity contribution is 7.12. The quantitative estimate of drug-likeness (QED) is 0.897. The lowest BCUT2D eigenvalue weighted by atomic mass is 10.2. The Morgan fingerprint density at radius 1 is 1.32 bits per heavy atom. The number of hydrogen-bond acceptors (Lipinski definition) is 3. The van der Waals surface area contributed by atoms with E-state index < -0.39 is 5.91 Å². The third kappa shape index (κ3) is 3.00. The fraction of sp³-hybridized carbons (Fsp3) is 0.250. The summed E-state index contributed by atoms with van der Waals surface area (Å²) in [6, 6.07) is 8.90. The lowest BCUT2D eigenvalue weighted by Gasteiger charge is -2.07. The Labute approximate surface area is 137 Å². The molecule has 1 aliphatic rings. The molecule has 0 spiro atoms. The molecule has 3 rings (SSSR count). The van der Waals surface area contributed by atoms with Crippen LogP contribution in [0, 0.1) is 12.8 Å². The molecule has 3 N–H and O–H groups in total. The van der Waals surface area contributed by atoms with E-state index in [1.807, 2.05) is 0 Å². The normalized spacial score (nSPS) is 19.7. The number of benzene rings is 1. The smallest absolute Gasteiger partial charge is 0.250 e. The Hall–Kier alpha value is -1.85. The molecule has 0 aliphatic heterocycles. The minimum atomic E-state index is -0.612. The molecule has 1 aliphatic carbocycles. The van der Waals surface area contributed by atoms with Gasteiger partial charge in [-0.2, -0.15) is 0 Å². The Bertz CT molecular complexity index is 756. The van der Waals surface area contributed by atoms with E-state index in [4.69, 9.17) is 17.3 Å². The number of thiophene rings is 1. The van der Waals surface area contributed by atoms with Crippen molar-refractivity contribution in [1.82, 2.24) is 0 Å². The third-order valence-electron chi connectivity index (χ3n) is 3.75. The molecule has 0 radical (unpaired) electrons. The first-order valence-corrected chi connectivity index (χ1v) is 8.11. The summed E-state index contributed by atoms with van der Waals surface area (Å²) >= 11 is 7.63. The van der Waals surface area contributed by atoms with Gasteiger partial charge in [0.05, 0.1) is 10.6 Å². The fourth-order valence-corrected chi connectivity index (χ4v) is 3.75. The van der Waals surface area contributed by atoms with Gasteiger partial charge in [-0.3, -0.25) is 9.59 Å². The molecule has 22 heavy (non-hydrogen) atoms. The average Bonchev–Trinajstić information content (AvgIpc) is 3.16. The van der Waals surface area contributed by atoms with Crippen LogP contribution in [0.4, 0.5) is 5.69 Å². The number of anilines is 1. The monoisotopic (exact) mass is 334 g/mol. The van der Waals surface area contributed by atoms with Crippen molar-refractivity contribution in [2.24, 2.45) is 11.7 Å². The van der Waals surface area contributed by atoms with E-state index >= 15 is 0 Å². The molecule has 1 saturated carbocycles. The van der Waals surface area contributed by atoms with Gasteiger partial charge in [0.25, 0.3) is 0 Å². The molecule has 0 unspecified atom stereocenters. The van der Waals surface area contributed by atoms with Crippen LogP contribution in [-0.2, 0) is 4.79 Å². The predicted molar refractivity (Wildman–Crippen MR) is 88.5 cm³/mol. The Morgan fingerprint density at radius 3 is 2.73 bits per heavy atom. The van der Waals surface area contributed by atoms with Gasteiger partial charge in [-0.05, 0) is 43.7 Å². The molecule has 0 bridgehead atoms. The van der Waals surface area contributed by atoms with Crippen molar-refractivity contribution in [3.63, 3.8) is 0 Å². The van der Waals surface area contributed by atoms with Gasteiger partial charge < -0.3 is 11.1 Å². The fourth-order valence-electron chi connectivity index (χ4n) is 2.48. The second-order valence-corrected chi connectivity index (χ2v) is 7.17. The number of aryl methyl sites for hydroxylation is 1. The van der Waals surface area contributed by atoms with E-state index in [0.29, 0.717) is 11.6 Å². The highest BCUT2D eigenvalue weighted by atomic mass is 35.5. The lowest BCUT2D eigenvalue weighted by molar-refractivity contribution is -0.117. The third-order valence-corrected chi connectivity index (χ3v) is 5.22. The molecule has 1 fully saturated rings. The number of nitrogens with two attached hydrogens (primary N) is 1. The summed E-state index contributed by atoms with van der Waals surface area (Å²) in [5, 5.41) is 3.11. The van der Waals surface area contributed by atoms with E-state index in [9.17, 15) is 9.59 Å². The van der Waals surface area contributed by atoms with Gasteiger partial charge in [-0.25, -0.2) is 0 Å². The first-order valence-electron chi connectivity index (χ1n) is 6.92. The zero-order chi connectivity index (χ0) is 15.9. The van der Waals surface area contributed by atoms with Crippen LogP contribution in [0.25, 0.3) is 0 Å². The predicted octanol–water partition coefficient (Wildman–Crippen LogP) is 3.55. The number of hydrogen-bond donors (Lipinski definition) is 2. The number of amides is 2. The molecule has 4 nitrogen and oxygen atoms in total. The van der Waals surface area contributed by atoms with Crippen LogP contribution in [0.3, 0.4) is 0 Å². The summed E-state index contributed by atoms with van der Waals surface area (Å²) in [5.74, 6) is -0.347. The summed E-state index contributed by atoms with van der Waals surface area (Å²) in [5.41, 5.74) is 6.00. The topological polar surface area (TPSA) is 72.2 Å². The Kier molecular flexibility index (Phi) is 3.93. The summed E-state index contributed by atoms with van der Waals surface area (Å²) in [6.07, 6.45) is 0.863. The van der Waals surface area contributed by atoms with Crippen molar-refractivity contribution in [2.75, 3.05) is 5.32 Å². The van der Waals surface area contributed by atoms with Crippen LogP contribution >= 0.6 is 22.9 Å². The highest BCUT2D eigenvalue weighted by Crippen LogP contribution is 2.50. The van der Waals surface area contributed by atoms with Gasteiger partial charge in [0.15, 0.2) is 0 Å². The van der Waals surface area contributed by atoms with Gasteiger partial charge in [0.2, 0.25) is 11.8 Å². The summed E-state index contributed by atoms with van der Waals surface area (Å²) in [7, 11) is 0. The second-order valence-electron chi connectivity index (χ2n) is 5.45. The van der Waals surface area contributed by atoms with Crippen molar-refractivity contribution < 1.29 is 9.59 Å². The highest BCUT2D eigenvalue weighted by Gasteiger charge is 2.44. The maximum atomic E-state index is 12.3. The van der Waals surface area contributed by atoms with E-state index in [1.165, 1.54) is 15.8 Å². The Balaban J connectivity index is 1.68. The number of carbonyl (C=O) groups is 2. The molecule has 2 atom stereocenters. The first-order chi connectivity index (χ1) is 10.5. The van der Waals surface area contributed by atoms with E-state index in [-0.39, 0.29) is 22.4 Å². The molecule has 0 saturated heterocycles. The van der Waals surface area contributed by atoms with Crippen molar-refractivity contribution in [2.45, 2.75) is 19.3 Å². The standard InChI is InChI=1S/C16H15ClN2O2S/c1-8-2-5-14(22-8)10-7-11(10)16(21)19-9-3-4-13(17)12(6-9)15(18)20/h2-6,10-11H,7H2,1H3,(H2,18,20)(H,19,21)/t10-,11-/m0/s1. The number of carbonyl (C=O) groups excluding carboxylic acids is 2. The van der Waals surface area contributed by atoms with E-state index in [2.05, 4.69) is 24.4 Å². The molecule has 2 aromatic rings. The van der Waals surface area contributed by atoms with Crippen molar-refractivity contribution >= 4 is 40.4 Å². The minimum absolute atomic E-state index is 0.00856. The average molecular weight is 335 g/mol. The van der Waals surface area contributed by atoms with Crippen molar-refractivity contribution in [1.29, 1.82) is 0 Å². The molecular weight excluding hydrogens is 320 g/mol. The zero-order valence-electron chi connectivity index (χ0n) is 11.9. The van der Waals surface area contributed by atoms with Crippen LogP contribution in [0.15, 0.2) is 30.3 Å². The Morgan fingerprint density at radius 2 is 2.09 bits per heavy atom. The summed E-state index contributed by atoms with van der Waals surface area (Å²) in [4.78, 5) is 26.1. The maximum absolute atomic E-state index is 12.3. The van der Waals surface area contributed by atoms with E-state index in [0.717, 1.165) is 6.42 Å². The van der Waals surface area contributed by atoms with Crippen LogP contribution in [0.1, 0.15) is 32.5 Å². The lowest BCUT2D eigenvalue weighted by Crippen LogP contribution is -2.16. The first kappa shape index (κ1) is 15.1. The molecule has 1 aromatic heterocycles. The maximum Gasteiger partial charge on any atom is 0.250 e. The van der Waals surface area contributed by atoms with Gasteiger partial charge in [-0.15, -0.1) is 11.3 Å². The largest absolute Gasteiger partial charge is 0.366 e. The SMILES string of the molecule is Cc1ccc([C@H]2C[C@@H]2C(=O)Nc2ccc(Cl)c(C(N)=O)c2)s1. The molecular formula is C16H15ClN2O2S. The molecule has 1 aromatic carbocycles. The van der Waals surface area contributed by atoms with Crippen LogP contribution in [0.5, 0.6) is 0 Å². The number of rotatable bonds is 4. The second kappa shape index (κ2) is 5.74. The van der Waals surface area contributed by atoms with E-state index in [1.54, 1.807) is 23.5 Å².